The molecule has 0 spiro atoms. The minimum atomic E-state index is 0.480. The average molecular weight is 478 g/mol. The van der Waals surface area contributed by atoms with E-state index >= 15 is 0 Å². The number of nitriles is 1. The quantitative estimate of drug-likeness (QED) is 0.458. The number of aryl methyl sites for hydroxylation is 4. The monoisotopic (exact) mass is 477 g/mol. The molecular formula is C25H28BrN5. The molecule has 5 nitrogen and oxygen atoms in total. The molecular weight excluding hydrogens is 450 g/mol. The molecule has 2 aromatic heterocycles. The van der Waals surface area contributed by atoms with Gasteiger partial charge in [-0.05, 0) is 88.1 Å². The number of hydrogen-bond acceptors (Lipinski definition) is 4. The second-order valence-electron chi connectivity index (χ2n) is 9.36. The van der Waals surface area contributed by atoms with Crippen molar-refractivity contribution in [2.75, 3.05) is 4.90 Å². The van der Waals surface area contributed by atoms with Gasteiger partial charge < -0.3 is 9.47 Å². The molecule has 0 saturated carbocycles. The summed E-state index contributed by atoms with van der Waals surface area (Å²) in [6.45, 7) is 8.49. The Morgan fingerprint density at radius 2 is 1.68 bits per heavy atom. The van der Waals surface area contributed by atoms with Crippen LogP contribution in [0.15, 0.2) is 22.8 Å². The third-order valence-electron chi connectivity index (χ3n) is 7.08. The van der Waals surface area contributed by atoms with E-state index in [0.717, 1.165) is 34.6 Å². The summed E-state index contributed by atoms with van der Waals surface area (Å²) >= 11 is 3.62. The molecule has 2 atom stereocenters. The van der Waals surface area contributed by atoms with Crippen LogP contribution in [0.3, 0.4) is 0 Å². The SMILES string of the molecule is Cc1nc(N2C3CCC2CC(CC#N)C3)c2c(C)cn(-c3c(C)cc(Br)cc3C)c2n1. The number of hydrogen-bond donors (Lipinski definition) is 0. The van der Waals surface area contributed by atoms with Gasteiger partial charge in [0.15, 0.2) is 5.65 Å². The lowest BCUT2D eigenvalue weighted by molar-refractivity contribution is 0.343. The van der Waals surface area contributed by atoms with E-state index in [4.69, 9.17) is 9.97 Å². The van der Waals surface area contributed by atoms with Gasteiger partial charge >= 0.3 is 0 Å². The fourth-order valence-corrected chi connectivity index (χ4v) is 6.65. The summed E-state index contributed by atoms with van der Waals surface area (Å²) in [5.41, 5.74) is 5.84. The van der Waals surface area contributed by atoms with Crippen molar-refractivity contribution in [1.29, 1.82) is 5.26 Å². The number of rotatable bonds is 3. The highest BCUT2D eigenvalue weighted by Gasteiger charge is 2.42. The predicted molar refractivity (Wildman–Crippen MR) is 128 cm³/mol. The molecule has 2 aliphatic rings. The number of benzene rings is 1. The Morgan fingerprint density at radius 1 is 1.03 bits per heavy atom. The third-order valence-corrected chi connectivity index (χ3v) is 7.54. The van der Waals surface area contributed by atoms with Gasteiger partial charge in [-0.1, -0.05) is 15.9 Å². The van der Waals surface area contributed by atoms with E-state index in [2.05, 4.69) is 70.6 Å². The maximum atomic E-state index is 9.19. The molecule has 2 aliphatic heterocycles. The van der Waals surface area contributed by atoms with Crippen LogP contribution >= 0.6 is 15.9 Å². The molecule has 0 radical (unpaired) electrons. The topological polar surface area (TPSA) is 57.7 Å². The molecule has 1 aromatic carbocycles. The van der Waals surface area contributed by atoms with Gasteiger partial charge in [-0.25, -0.2) is 9.97 Å². The Bertz CT molecular complexity index is 1180. The van der Waals surface area contributed by atoms with Crippen molar-refractivity contribution in [2.24, 2.45) is 5.92 Å². The zero-order valence-corrected chi connectivity index (χ0v) is 20.2. The predicted octanol–water partition coefficient (Wildman–Crippen LogP) is 6.08. The van der Waals surface area contributed by atoms with Gasteiger partial charge in [-0.15, -0.1) is 0 Å². The fourth-order valence-electron chi connectivity index (χ4n) is 5.96. The lowest BCUT2D eigenvalue weighted by atomic mass is 9.88. The summed E-state index contributed by atoms with van der Waals surface area (Å²) in [6, 6.07) is 7.68. The van der Waals surface area contributed by atoms with E-state index in [1.54, 1.807) is 0 Å². The van der Waals surface area contributed by atoms with Crippen molar-refractivity contribution in [3.05, 3.63) is 45.3 Å². The lowest BCUT2D eigenvalue weighted by Crippen LogP contribution is -2.43. The zero-order valence-electron chi connectivity index (χ0n) is 18.6. The maximum absolute atomic E-state index is 9.19. The highest BCUT2D eigenvalue weighted by molar-refractivity contribution is 9.10. The normalized spacial score (nSPS) is 22.8. The summed E-state index contributed by atoms with van der Waals surface area (Å²) in [4.78, 5) is 12.5. The summed E-state index contributed by atoms with van der Waals surface area (Å²) in [7, 11) is 0. The molecule has 3 aromatic rings. The second kappa shape index (κ2) is 7.63. The van der Waals surface area contributed by atoms with Gasteiger partial charge in [0, 0.05) is 29.2 Å². The van der Waals surface area contributed by atoms with Gasteiger partial charge in [0.05, 0.1) is 17.1 Å². The summed E-state index contributed by atoms with van der Waals surface area (Å²) in [5.74, 6) is 2.43. The molecule has 2 bridgehead atoms. The van der Waals surface area contributed by atoms with E-state index in [0.29, 0.717) is 24.4 Å². The first-order chi connectivity index (χ1) is 14.9. The first kappa shape index (κ1) is 20.5. The molecule has 6 heteroatoms. The minimum Gasteiger partial charge on any atom is -0.350 e. The lowest BCUT2D eigenvalue weighted by Gasteiger charge is -2.39. The molecule has 160 valence electrons. The maximum Gasteiger partial charge on any atom is 0.150 e. The number of aromatic nitrogens is 3. The molecule has 0 aliphatic carbocycles. The van der Waals surface area contributed by atoms with Crippen LogP contribution < -0.4 is 4.90 Å². The Hall–Kier alpha value is -2.39. The molecule has 2 fully saturated rings. The van der Waals surface area contributed by atoms with Gasteiger partial charge in [0.25, 0.3) is 0 Å². The smallest absolute Gasteiger partial charge is 0.150 e. The van der Waals surface area contributed by atoms with Crippen LogP contribution in [0.1, 0.15) is 54.6 Å². The molecule has 2 unspecified atom stereocenters. The first-order valence-electron chi connectivity index (χ1n) is 11.2. The van der Waals surface area contributed by atoms with Crippen LogP contribution in [-0.4, -0.2) is 26.6 Å². The van der Waals surface area contributed by atoms with Crippen molar-refractivity contribution >= 4 is 32.8 Å². The van der Waals surface area contributed by atoms with Crippen LogP contribution in [0, 0.1) is 44.9 Å². The Kier molecular flexibility index (Phi) is 5.05. The van der Waals surface area contributed by atoms with Gasteiger partial charge in [0.1, 0.15) is 11.6 Å². The van der Waals surface area contributed by atoms with Crippen molar-refractivity contribution in [2.45, 2.75) is 71.9 Å². The van der Waals surface area contributed by atoms with Crippen molar-refractivity contribution in [3.8, 4) is 11.8 Å². The van der Waals surface area contributed by atoms with E-state index in [9.17, 15) is 5.26 Å². The molecule has 2 saturated heterocycles. The molecule has 5 rings (SSSR count). The largest absolute Gasteiger partial charge is 0.350 e. The van der Waals surface area contributed by atoms with Crippen LogP contribution in [-0.2, 0) is 0 Å². The Labute approximate surface area is 192 Å². The molecule has 4 heterocycles. The summed E-state index contributed by atoms with van der Waals surface area (Å²) < 4.78 is 3.35. The van der Waals surface area contributed by atoms with Crippen molar-refractivity contribution in [1.82, 2.24) is 14.5 Å². The number of halogens is 1. The molecule has 0 N–H and O–H groups in total. The van der Waals surface area contributed by atoms with Crippen LogP contribution in [0.25, 0.3) is 16.7 Å². The van der Waals surface area contributed by atoms with Crippen LogP contribution in [0.4, 0.5) is 5.82 Å². The standard InChI is InChI=1S/C25H28BrN5/c1-14-9-19(26)10-15(2)23(14)30-13-16(3)22-24(30)28-17(4)29-25(22)31-20-5-6-21(31)12-18(11-20)7-8-27/h9-10,13,18,20-21H,5-7,11-12H2,1-4H3. The Balaban J connectivity index is 1.67. The minimum absolute atomic E-state index is 0.480. The van der Waals surface area contributed by atoms with Crippen LogP contribution in [0.5, 0.6) is 0 Å². The second-order valence-corrected chi connectivity index (χ2v) is 10.3. The molecule has 31 heavy (non-hydrogen) atoms. The highest BCUT2D eigenvalue weighted by atomic mass is 79.9. The highest BCUT2D eigenvalue weighted by Crippen LogP contribution is 2.45. The van der Waals surface area contributed by atoms with Crippen molar-refractivity contribution in [3.63, 3.8) is 0 Å². The van der Waals surface area contributed by atoms with E-state index in [1.165, 1.54) is 40.6 Å². The van der Waals surface area contributed by atoms with E-state index in [-0.39, 0.29) is 0 Å². The number of fused-ring (bicyclic) bond motifs is 3. The number of anilines is 1. The van der Waals surface area contributed by atoms with Gasteiger partial charge in [-0.3, -0.25) is 0 Å². The van der Waals surface area contributed by atoms with E-state index in [1.807, 2.05) is 6.92 Å². The zero-order chi connectivity index (χ0) is 21.9. The number of nitrogens with zero attached hydrogens (tertiary/aromatic N) is 5. The Morgan fingerprint density at radius 3 is 2.29 bits per heavy atom. The van der Waals surface area contributed by atoms with Gasteiger partial charge in [-0.2, -0.15) is 5.26 Å². The van der Waals surface area contributed by atoms with Gasteiger partial charge in [0.2, 0.25) is 0 Å². The average Bonchev–Trinajstić information content (AvgIpc) is 3.14. The number of piperidine rings is 1. The van der Waals surface area contributed by atoms with E-state index < -0.39 is 0 Å². The third kappa shape index (κ3) is 3.34. The molecule has 0 amide bonds. The van der Waals surface area contributed by atoms with Crippen molar-refractivity contribution < 1.29 is 0 Å². The summed E-state index contributed by atoms with van der Waals surface area (Å²) in [5, 5.41) is 10.4. The fraction of sp³-hybridized carbons (Fsp3) is 0.480. The summed E-state index contributed by atoms with van der Waals surface area (Å²) in [6.07, 6.45) is 7.48. The first-order valence-corrected chi connectivity index (χ1v) is 12.0. The van der Waals surface area contributed by atoms with Crippen LogP contribution in [0.2, 0.25) is 0 Å².